The minimum absolute atomic E-state index is 0.326. The minimum Gasteiger partial charge on any atom is -0.417 e. The summed E-state index contributed by atoms with van der Waals surface area (Å²) in [5.41, 5.74) is 0.709. The minimum atomic E-state index is -1.57. The fraction of sp³-hybridized carbons (Fsp3) is 1.00. The lowest BCUT2D eigenvalue weighted by molar-refractivity contribution is 0.275. The zero-order valence-electron chi connectivity index (χ0n) is 26.2. The van der Waals surface area contributed by atoms with Crippen molar-refractivity contribution in [3.8, 4) is 0 Å². The molecule has 0 aromatic rings. The Balaban J connectivity index is 4.13. The van der Waals surface area contributed by atoms with Crippen molar-refractivity contribution in [1.82, 2.24) is 4.90 Å². The van der Waals surface area contributed by atoms with E-state index in [-0.39, 0.29) is 0 Å². The number of hydrogen-bond donors (Lipinski definition) is 0. The van der Waals surface area contributed by atoms with Crippen LogP contribution >= 0.6 is 0 Å². The summed E-state index contributed by atoms with van der Waals surface area (Å²) in [7, 11) is 1.37. The fourth-order valence-corrected chi connectivity index (χ4v) is 6.21. The van der Waals surface area contributed by atoms with Crippen LogP contribution in [-0.2, 0) is 8.85 Å². The number of hydrogen-bond acceptors (Lipinski definition) is 3. The Hall–Kier alpha value is 0.314. The van der Waals surface area contributed by atoms with Crippen LogP contribution in [0.4, 0.5) is 0 Å². The van der Waals surface area contributed by atoms with Crippen LogP contribution < -0.4 is 0 Å². The van der Waals surface area contributed by atoms with Crippen molar-refractivity contribution < 1.29 is 8.85 Å². The highest BCUT2D eigenvalue weighted by molar-refractivity contribution is 6.74. The van der Waals surface area contributed by atoms with Crippen molar-refractivity contribution in [3.05, 3.63) is 0 Å². The summed E-state index contributed by atoms with van der Waals surface area (Å²) in [6.07, 6.45) is 17.8. The molecular weight excluding hydrogens is 463 g/mol. The van der Waals surface area contributed by atoms with E-state index < -0.39 is 16.6 Å². The first kappa shape index (κ1) is 35.3. The Morgan fingerprint density at radius 1 is 0.629 bits per heavy atom. The number of unbranched alkanes of at least 4 members (excludes halogenated alkanes) is 7. The van der Waals surface area contributed by atoms with Crippen LogP contribution in [-0.4, -0.2) is 55.4 Å². The first-order chi connectivity index (χ1) is 16.2. The van der Waals surface area contributed by atoms with Gasteiger partial charge in [0.2, 0.25) is 0 Å². The van der Waals surface area contributed by atoms with Gasteiger partial charge in [0.1, 0.15) is 0 Å². The van der Waals surface area contributed by atoms with Crippen molar-refractivity contribution in [2.75, 3.05) is 33.9 Å². The Bertz CT molecular complexity index is 501. The summed E-state index contributed by atoms with van der Waals surface area (Å²) in [5.74, 6) is 0.934. The maximum absolute atomic E-state index is 6.36. The molecule has 1 atom stereocenters. The molecule has 0 bridgehead atoms. The van der Waals surface area contributed by atoms with Crippen LogP contribution in [0.1, 0.15) is 118 Å². The van der Waals surface area contributed by atoms with Gasteiger partial charge in [-0.05, 0) is 82.6 Å². The lowest BCUT2D eigenvalue weighted by Crippen LogP contribution is -2.40. The maximum Gasteiger partial charge on any atom is 0.191 e. The topological polar surface area (TPSA) is 21.7 Å². The van der Waals surface area contributed by atoms with Gasteiger partial charge in [-0.1, -0.05) is 98.8 Å². The molecule has 212 valence electrons. The van der Waals surface area contributed by atoms with E-state index in [0.29, 0.717) is 10.6 Å². The first-order valence-electron chi connectivity index (χ1n) is 15.1. The molecule has 0 radical (unpaired) electrons. The molecular formula is C30H67NO2Si2. The van der Waals surface area contributed by atoms with Gasteiger partial charge in [0.15, 0.2) is 16.6 Å². The second kappa shape index (κ2) is 18.5. The molecule has 0 amide bonds. The fourth-order valence-electron chi connectivity index (χ4n) is 4.12. The Morgan fingerprint density at radius 3 is 1.49 bits per heavy atom. The lowest BCUT2D eigenvalue weighted by Gasteiger charge is -2.36. The second-order valence-electron chi connectivity index (χ2n) is 13.8. The van der Waals surface area contributed by atoms with Crippen LogP contribution in [0.15, 0.2) is 0 Å². The quantitative estimate of drug-likeness (QED) is 0.103. The molecule has 0 aromatic carbocycles. The van der Waals surface area contributed by atoms with Crippen molar-refractivity contribution in [2.24, 2.45) is 5.92 Å². The normalized spacial score (nSPS) is 14.3. The molecule has 0 spiro atoms. The van der Waals surface area contributed by atoms with E-state index in [4.69, 9.17) is 8.85 Å². The molecule has 0 aliphatic carbocycles. The van der Waals surface area contributed by atoms with Crippen LogP contribution in [0.2, 0.25) is 36.8 Å². The SMILES string of the molecule is CC(C)[Si](C)(C)OCCCCCCC(CCCCCCO[Si](C)(C)C(C)(C)C)CCCCN(C)C. The van der Waals surface area contributed by atoms with Gasteiger partial charge in [-0.3, -0.25) is 0 Å². The highest BCUT2D eigenvalue weighted by atomic mass is 28.4. The van der Waals surface area contributed by atoms with Gasteiger partial charge in [-0.25, -0.2) is 0 Å². The van der Waals surface area contributed by atoms with Crippen LogP contribution in [0.5, 0.6) is 0 Å². The lowest BCUT2D eigenvalue weighted by atomic mass is 9.90. The summed E-state index contributed by atoms with van der Waals surface area (Å²) in [5, 5.41) is 0.326. The summed E-state index contributed by atoms with van der Waals surface area (Å²) in [4.78, 5) is 2.33. The van der Waals surface area contributed by atoms with E-state index in [1.165, 1.54) is 90.0 Å². The van der Waals surface area contributed by atoms with Crippen molar-refractivity contribution >= 4 is 16.6 Å². The van der Waals surface area contributed by atoms with Crippen LogP contribution in [0.3, 0.4) is 0 Å². The molecule has 0 N–H and O–H groups in total. The van der Waals surface area contributed by atoms with Gasteiger partial charge >= 0.3 is 0 Å². The zero-order chi connectivity index (χ0) is 27.0. The molecule has 0 saturated carbocycles. The Kier molecular flexibility index (Phi) is 18.7. The third-order valence-corrected chi connectivity index (χ3v) is 16.9. The third kappa shape index (κ3) is 18.2. The largest absolute Gasteiger partial charge is 0.417 e. The van der Waals surface area contributed by atoms with E-state index in [9.17, 15) is 0 Å². The number of nitrogens with zero attached hydrogens (tertiary/aromatic N) is 1. The standard InChI is InChI=1S/C30H67NO2Si2/c1-28(2)34(8,9)32-26-20-14-12-16-22-29(24-18-19-25-31(6)7)23-17-13-15-21-27-33-35(10,11)30(3,4)5/h28-29H,12-27H2,1-11H3. The van der Waals surface area contributed by atoms with E-state index in [0.717, 1.165) is 19.1 Å². The summed E-state index contributed by atoms with van der Waals surface area (Å²) < 4.78 is 12.6. The summed E-state index contributed by atoms with van der Waals surface area (Å²) in [6.45, 7) is 24.3. The van der Waals surface area contributed by atoms with Gasteiger partial charge in [0, 0.05) is 13.2 Å². The van der Waals surface area contributed by atoms with Gasteiger partial charge < -0.3 is 13.8 Å². The average Bonchev–Trinajstić information content (AvgIpc) is 2.73. The van der Waals surface area contributed by atoms with Crippen LogP contribution in [0, 0.1) is 5.92 Å². The predicted octanol–water partition coefficient (Wildman–Crippen LogP) is 9.89. The van der Waals surface area contributed by atoms with Crippen molar-refractivity contribution in [1.29, 1.82) is 0 Å². The van der Waals surface area contributed by atoms with E-state index in [1.54, 1.807) is 0 Å². The van der Waals surface area contributed by atoms with Gasteiger partial charge in [-0.2, -0.15) is 0 Å². The smallest absolute Gasteiger partial charge is 0.191 e. The van der Waals surface area contributed by atoms with Gasteiger partial charge in [0.05, 0.1) is 0 Å². The Labute approximate surface area is 224 Å². The van der Waals surface area contributed by atoms with Gasteiger partial charge in [0.25, 0.3) is 0 Å². The molecule has 35 heavy (non-hydrogen) atoms. The van der Waals surface area contributed by atoms with Crippen molar-refractivity contribution in [3.63, 3.8) is 0 Å². The molecule has 0 saturated heterocycles. The van der Waals surface area contributed by atoms with E-state index >= 15 is 0 Å². The van der Waals surface area contributed by atoms with Gasteiger partial charge in [-0.15, -0.1) is 0 Å². The third-order valence-electron chi connectivity index (χ3n) is 8.61. The molecule has 1 unspecified atom stereocenters. The average molecular weight is 530 g/mol. The second-order valence-corrected chi connectivity index (χ2v) is 23.2. The van der Waals surface area contributed by atoms with E-state index in [2.05, 4.69) is 79.8 Å². The molecule has 0 rings (SSSR count). The predicted molar refractivity (Wildman–Crippen MR) is 164 cm³/mol. The zero-order valence-corrected chi connectivity index (χ0v) is 28.2. The summed E-state index contributed by atoms with van der Waals surface area (Å²) >= 11 is 0. The highest BCUT2D eigenvalue weighted by Gasteiger charge is 2.36. The molecule has 3 nitrogen and oxygen atoms in total. The highest BCUT2D eigenvalue weighted by Crippen LogP contribution is 2.36. The Morgan fingerprint density at radius 2 is 1.06 bits per heavy atom. The maximum atomic E-state index is 6.36. The van der Waals surface area contributed by atoms with Crippen LogP contribution in [0.25, 0.3) is 0 Å². The van der Waals surface area contributed by atoms with Crippen molar-refractivity contribution in [2.45, 2.75) is 155 Å². The number of rotatable bonds is 22. The molecule has 0 aromatic heterocycles. The molecule has 0 fully saturated rings. The monoisotopic (exact) mass is 529 g/mol. The molecule has 5 heteroatoms. The molecule has 0 heterocycles. The molecule has 0 aliphatic rings. The van der Waals surface area contributed by atoms with E-state index in [1.807, 2.05) is 0 Å². The molecule has 0 aliphatic heterocycles. The first-order valence-corrected chi connectivity index (χ1v) is 21.0. The summed E-state index contributed by atoms with van der Waals surface area (Å²) in [6, 6.07) is 0.